The Bertz CT molecular complexity index is 665. The molecule has 2 aromatic rings. The monoisotopic (exact) mass is 310 g/mol. The highest BCUT2D eigenvalue weighted by Crippen LogP contribution is 2.12. The Morgan fingerprint density at radius 2 is 1.68 bits per heavy atom. The van der Waals surface area contributed by atoms with Gasteiger partial charge >= 0.3 is 0 Å². The minimum absolute atomic E-state index is 0.148. The summed E-state index contributed by atoms with van der Waals surface area (Å²) >= 11 is 5.66. The molecule has 0 fully saturated rings. The van der Waals surface area contributed by atoms with Gasteiger partial charge < -0.3 is 0 Å². The topological polar surface area (TPSA) is 17.1 Å². The number of alkyl halides is 1. The van der Waals surface area contributed by atoms with Crippen molar-refractivity contribution >= 4 is 17.4 Å². The molecule has 0 spiro atoms. The van der Waals surface area contributed by atoms with Crippen molar-refractivity contribution in [2.24, 2.45) is 0 Å². The zero-order valence-corrected chi connectivity index (χ0v) is 13.3. The van der Waals surface area contributed by atoms with Gasteiger partial charge in [-0.15, -0.1) is 11.6 Å². The summed E-state index contributed by atoms with van der Waals surface area (Å²) in [5.41, 5.74) is 2.72. The van der Waals surface area contributed by atoms with Crippen molar-refractivity contribution in [3.8, 4) is 11.8 Å². The lowest BCUT2D eigenvalue weighted by atomic mass is 10.00. The molecule has 0 aliphatic rings. The van der Waals surface area contributed by atoms with Crippen LogP contribution in [0.5, 0.6) is 0 Å². The SMILES string of the molecule is O=C(CCCCCl)c1ccccc1C#CCc1ccccc1. The van der Waals surface area contributed by atoms with Crippen LogP contribution in [0.4, 0.5) is 0 Å². The predicted molar refractivity (Wildman–Crippen MR) is 92.4 cm³/mol. The first-order valence-electron chi connectivity index (χ1n) is 7.52. The fraction of sp³-hybridized carbons (Fsp3) is 0.250. The number of carbonyl (C=O) groups is 1. The number of hydrogen-bond donors (Lipinski definition) is 0. The minimum Gasteiger partial charge on any atom is -0.294 e. The van der Waals surface area contributed by atoms with Gasteiger partial charge in [0.2, 0.25) is 0 Å². The van der Waals surface area contributed by atoms with Crippen molar-refractivity contribution in [2.45, 2.75) is 25.7 Å². The molecule has 0 saturated carbocycles. The average Bonchev–Trinajstić information content (AvgIpc) is 2.56. The molecule has 2 heteroatoms. The van der Waals surface area contributed by atoms with Gasteiger partial charge in [0.05, 0.1) is 0 Å². The number of hydrogen-bond acceptors (Lipinski definition) is 1. The number of unbranched alkanes of at least 4 members (excludes halogenated alkanes) is 1. The van der Waals surface area contributed by atoms with Crippen LogP contribution in [0.3, 0.4) is 0 Å². The van der Waals surface area contributed by atoms with Crippen molar-refractivity contribution in [3.63, 3.8) is 0 Å². The lowest BCUT2D eigenvalue weighted by Gasteiger charge is -2.03. The number of rotatable bonds is 6. The molecule has 2 rings (SSSR count). The molecule has 0 saturated heterocycles. The van der Waals surface area contributed by atoms with Crippen molar-refractivity contribution in [1.82, 2.24) is 0 Å². The van der Waals surface area contributed by atoms with Gasteiger partial charge in [-0.3, -0.25) is 4.79 Å². The molecule has 0 radical (unpaired) electrons. The van der Waals surface area contributed by atoms with E-state index in [0.29, 0.717) is 18.7 Å². The Morgan fingerprint density at radius 3 is 2.45 bits per heavy atom. The van der Waals surface area contributed by atoms with E-state index in [0.717, 1.165) is 24.0 Å². The van der Waals surface area contributed by atoms with Gasteiger partial charge in [0, 0.05) is 29.8 Å². The molecule has 0 aromatic heterocycles. The van der Waals surface area contributed by atoms with Crippen LogP contribution in [0.15, 0.2) is 54.6 Å². The second-order valence-electron chi connectivity index (χ2n) is 5.08. The number of benzene rings is 2. The summed E-state index contributed by atoms with van der Waals surface area (Å²) in [4.78, 5) is 12.3. The van der Waals surface area contributed by atoms with Gasteiger partial charge in [0.1, 0.15) is 0 Å². The van der Waals surface area contributed by atoms with E-state index < -0.39 is 0 Å². The first-order chi connectivity index (χ1) is 10.8. The van der Waals surface area contributed by atoms with Crippen molar-refractivity contribution < 1.29 is 4.79 Å². The van der Waals surface area contributed by atoms with Crippen LogP contribution in [0.2, 0.25) is 0 Å². The maximum absolute atomic E-state index is 12.3. The molecular formula is C20H19ClO. The predicted octanol–water partition coefficient (Wildman–Crippen LogP) is 4.87. The third kappa shape index (κ3) is 5.06. The third-order valence-corrected chi connectivity index (χ3v) is 3.64. The molecule has 0 amide bonds. The minimum atomic E-state index is 0.148. The van der Waals surface area contributed by atoms with E-state index in [1.165, 1.54) is 5.56 Å². The molecule has 0 aliphatic heterocycles. The largest absolute Gasteiger partial charge is 0.294 e. The molecule has 22 heavy (non-hydrogen) atoms. The van der Waals surface area contributed by atoms with Gasteiger partial charge in [-0.2, -0.15) is 0 Å². The van der Waals surface area contributed by atoms with Crippen molar-refractivity contribution in [1.29, 1.82) is 0 Å². The highest BCUT2D eigenvalue weighted by Gasteiger charge is 2.08. The molecule has 112 valence electrons. The van der Waals surface area contributed by atoms with E-state index in [-0.39, 0.29) is 5.78 Å². The van der Waals surface area contributed by atoms with Gasteiger partial charge in [0.25, 0.3) is 0 Å². The molecule has 1 nitrogen and oxygen atoms in total. The summed E-state index contributed by atoms with van der Waals surface area (Å²) in [5.74, 6) is 7.04. The first-order valence-corrected chi connectivity index (χ1v) is 8.05. The molecule has 0 aliphatic carbocycles. The number of ketones is 1. The van der Waals surface area contributed by atoms with E-state index in [4.69, 9.17) is 11.6 Å². The van der Waals surface area contributed by atoms with Crippen LogP contribution < -0.4 is 0 Å². The highest BCUT2D eigenvalue weighted by molar-refractivity contribution is 6.17. The Balaban J connectivity index is 2.07. The lowest BCUT2D eigenvalue weighted by Crippen LogP contribution is -2.02. The van der Waals surface area contributed by atoms with E-state index in [1.54, 1.807) is 0 Å². The first kappa shape index (κ1) is 16.3. The summed E-state index contributed by atoms with van der Waals surface area (Å²) in [7, 11) is 0. The van der Waals surface area contributed by atoms with E-state index >= 15 is 0 Å². The van der Waals surface area contributed by atoms with Crippen LogP contribution in [0.1, 0.15) is 40.7 Å². The smallest absolute Gasteiger partial charge is 0.164 e. The molecule has 0 atom stereocenters. The standard InChI is InChI=1S/C20H19ClO/c21-16-7-6-15-20(22)19-14-5-4-12-18(19)13-8-11-17-9-2-1-3-10-17/h1-5,9-10,12,14H,6-7,11,15-16H2. The zero-order valence-electron chi connectivity index (χ0n) is 12.5. The number of halogens is 1. The lowest BCUT2D eigenvalue weighted by molar-refractivity contribution is 0.0979. The molecule has 2 aromatic carbocycles. The molecular weight excluding hydrogens is 292 g/mol. The average molecular weight is 311 g/mol. The third-order valence-electron chi connectivity index (χ3n) is 3.37. The maximum atomic E-state index is 12.3. The van der Waals surface area contributed by atoms with Gasteiger partial charge in [0.15, 0.2) is 5.78 Å². The Labute approximate surface area is 137 Å². The Hall–Kier alpha value is -2.04. The second-order valence-corrected chi connectivity index (χ2v) is 5.46. The van der Waals surface area contributed by atoms with Crippen LogP contribution in [0, 0.1) is 11.8 Å². The summed E-state index contributed by atoms with van der Waals surface area (Å²) in [5, 5.41) is 0. The van der Waals surface area contributed by atoms with Gasteiger partial charge in [-0.1, -0.05) is 60.4 Å². The fourth-order valence-corrected chi connectivity index (χ4v) is 2.38. The zero-order chi connectivity index (χ0) is 15.6. The summed E-state index contributed by atoms with van der Waals surface area (Å²) in [6.45, 7) is 0. The summed E-state index contributed by atoms with van der Waals surface area (Å²) in [6, 6.07) is 17.7. The van der Waals surface area contributed by atoms with Crippen LogP contribution >= 0.6 is 11.6 Å². The quantitative estimate of drug-likeness (QED) is 0.322. The normalized spacial score (nSPS) is 9.86. The Morgan fingerprint density at radius 1 is 0.955 bits per heavy atom. The van der Waals surface area contributed by atoms with E-state index in [9.17, 15) is 4.79 Å². The van der Waals surface area contributed by atoms with Crippen molar-refractivity contribution in [3.05, 3.63) is 71.3 Å². The van der Waals surface area contributed by atoms with Crippen LogP contribution in [0.25, 0.3) is 0 Å². The number of Topliss-reactive ketones (excluding diaryl/α,β-unsaturated/α-hetero) is 1. The fourth-order valence-electron chi connectivity index (χ4n) is 2.19. The highest BCUT2D eigenvalue weighted by atomic mass is 35.5. The maximum Gasteiger partial charge on any atom is 0.164 e. The Kier molecular flexibility index (Phi) is 6.74. The number of carbonyl (C=O) groups excluding carboxylic acids is 1. The van der Waals surface area contributed by atoms with E-state index in [1.807, 2.05) is 42.5 Å². The van der Waals surface area contributed by atoms with Gasteiger partial charge in [-0.25, -0.2) is 0 Å². The van der Waals surface area contributed by atoms with Gasteiger partial charge in [-0.05, 0) is 24.5 Å². The summed E-state index contributed by atoms with van der Waals surface area (Å²) in [6.07, 6.45) is 2.92. The summed E-state index contributed by atoms with van der Waals surface area (Å²) < 4.78 is 0. The van der Waals surface area contributed by atoms with Crippen LogP contribution in [-0.4, -0.2) is 11.7 Å². The van der Waals surface area contributed by atoms with Crippen molar-refractivity contribution in [2.75, 3.05) is 5.88 Å². The molecule has 0 unspecified atom stereocenters. The molecule has 0 heterocycles. The van der Waals surface area contributed by atoms with E-state index in [2.05, 4.69) is 24.0 Å². The molecule has 0 bridgehead atoms. The molecule has 0 N–H and O–H groups in total. The van der Waals surface area contributed by atoms with Crippen LogP contribution in [-0.2, 0) is 6.42 Å². The second kappa shape index (κ2) is 9.07.